The summed E-state index contributed by atoms with van der Waals surface area (Å²) >= 11 is 0. The maximum atomic E-state index is 12.2. The number of anilines is 1. The smallest absolute Gasteiger partial charge is 0.242 e. The van der Waals surface area contributed by atoms with Gasteiger partial charge in [-0.1, -0.05) is 56.3 Å². The van der Waals surface area contributed by atoms with Crippen molar-refractivity contribution >= 4 is 11.6 Å². The summed E-state index contributed by atoms with van der Waals surface area (Å²) < 4.78 is 0. The van der Waals surface area contributed by atoms with Crippen LogP contribution in [-0.2, 0) is 11.3 Å². The zero-order valence-corrected chi connectivity index (χ0v) is 14.2. The molecule has 0 saturated heterocycles. The molecule has 0 radical (unpaired) electrons. The molecule has 3 heteroatoms. The standard InChI is InChI=1S/C20H26N2O/c1-4-15(2)18-10-12-19(13-11-18)22-16(3)20(23)21-14-17-8-6-5-7-9-17/h5-13,15-16,22H,4,14H2,1-3H3,(H,21,23)/t15-,16+/m1/s1. The Morgan fingerprint density at radius 1 is 1.00 bits per heavy atom. The molecule has 0 aromatic heterocycles. The normalized spacial score (nSPS) is 13.2. The van der Waals surface area contributed by atoms with Gasteiger partial charge in [-0.05, 0) is 42.5 Å². The zero-order valence-electron chi connectivity index (χ0n) is 14.2. The number of benzene rings is 2. The Morgan fingerprint density at radius 3 is 2.26 bits per heavy atom. The summed E-state index contributed by atoms with van der Waals surface area (Å²) in [5.74, 6) is 0.565. The molecule has 2 N–H and O–H groups in total. The first-order valence-electron chi connectivity index (χ1n) is 8.28. The molecule has 0 aliphatic heterocycles. The van der Waals surface area contributed by atoms with Gasteiger partial charge in [-0.25, -0.2) is 0 Å². The molecule has 0 unspecified atom stereocenters. The van der Waals surface area contributed by atoms with E-state index < -0.39 is 0 Å². The van der Waals surface area contributed by atoms with Gasteiger partial charge in [-0.2, -0.15) is 0 Å². The molecule has 0 fully saturated rings. The number of hydrogen-bond donors (Lipinski definition) is 2. The second kappa shape index (κ2) is 8.37. The lowest BCUT2D eigenvalue weighted by Gasteiger charge is -2.16. The summed E-state index contributed by atoms with van der Waals surface area (Å²) in [6.45, 7) is 6.85. The van der Waals surface area contributed by atoms with Crippen LogP contribution in [0.15, 0.2) is 54.6 Å². The van der Waals surface area contributed by atoms with E-state index in [-0.39, 0.29) is 11.9 Å². The Labute approximate surface area is 139 Å². The van der Waals surface area contributed by atoms with Gasteiger partial charge >= 0.3 is 0 Å². The average molecular weight is 310 g/mol. The number of nitrogens with one attached hydrogen (secondary N) is 2. The molecule has 2 aromatic carbocycles. The van der Waals surface area contributed by atoms with E-state index in [2.05, 4.69) is 36.6 Å². The predicted molar refractivity (Wildman–Crippen MR) is 96.5 cm³/mol. The first-order valence-corrected chi connectivity index (χ1v) is 8.28. The highest BCUT2D eigenvalue weighted by Crippen LogP contribution is 2.20. The molecule has 0 aliphatic carbocycles. The zero-order chi connectivity index (χ0) is 16.7. The molecule has 23 heavy (non-hydrogen) atoms. The van der Waals surface area contributed by atoms with E-state index in [1.165, 1.54) is 5.56 Å². The summed E-state index contributed by atoms with van der Waals surface area (Å²) in [5.41, 5.74) is 3.41. The molecule has 3 nitrogen and oxygen atoms in total. The van der Waals surface area contributed by atoms with Gasteiger partial charge in [0.15, 0.2) is 0 Å². The summed E-state index contributed by atoms with van der Waals surface area (Å²) in [7, 11) is 0. The molecule has 0 spiro atoms. The summed E-state index contributed by atoms with van der Waals surface area (Å²) in [6, 6.07) is 18.0. The lowest BCUT2D eigenvalue weighted by molar-refractivity contribution is -0.121. The van der Waals surface area contributed by atoms with Crippen molar-refractivity contribution in [2.75, 3.05) is 5.32 Å². The molecule has 0 saturated carbocycles. The van der Waals surface area contributed by atoms with E-state index in [1.54, 1.807) is 0 Å². The van der Waals surface area contributed by atoms with E-state index in [0.29, 0.717) is 12.5 Å². The SMILES string of the molecule is CC[C@@H](C)c1ccc(N[C@@H](C)C(=O)NCc2ccccc2)cc1. The van der Waals surface area contributed by atoms with Gasteiger partial charge < -0.3 is 10.6 Å². The summed E-state index contributed by atoms with van der Waals surface area (Å²) in [5, 5.41) is 6.21. The average Bonchev–Trinajstić information content (AvgIpc) is 2.60. The fraction of sp³-hybridized carbons (Fsp3) is 0.350. The van der Waals surface area contributed by atoms with Gasteiger partial charge in [0.25, 0.3) is 0 Å². The number of hydrogen-bond acceptors (Lipinski definition) is 2. The number of carbonyl (C=O) groups excluding carboxylic acids is 1. The summed E-state index contributed by atoms with van der Waals surface area (Å²) in [6.07, 6.45) is 1.13. The minimum Gasteiger partial charge on any atom is -0.374 e. The lowest BCUT2D eigenvalue weighted by atomic mass is 9.98. The molecule has 1 amide bonds. The molecule has 0 heterocycles. The van der Waals surface area contributed by atoms with Gasteiger partial charge in [0, 0.05) is 12.2 Å². The molecule has 2 rings (SSSR count). The van der Waals surface area contributed by atoms with Crippen LogP contribution in [0.2, 0.25) is 0 Å². The van der Waals surface area contributed by atoms with Crippen molar-refractivity contribution in [3.8, 4) is 0 Å². The van der Waals surface area contributed by atoms with Crippen LogP contribution in [0.4, 0.5) is 5.69 Å². The highest BCUT2D eigenvalue weighted by atomic mass is 16.2. The lowest BCUT2D eigenvalue weighted by Crippen LogP contribution is -2.37. The Balaban J connectivity index is 1.85. The van der Waals surface area contributed by atoms with Crippen molar-refractivity contribution in [3.05, 3.63) is 65.7 Å². The Hall–Kier alpha value is -2.29. The maximum absolute atomic E-state index is 12.2. The maximum Gasteiger partial charge on any atom is 0.242 e. The molecular weight excluding hydrogens is 284 g/mol. The van der Waals surface area contributed by atoms with Gasteiger partial charge in [0.05, 0.1) is 0 Å². The molecular formula is C20H26N2O. The molecule has 0 aliphatic rings. The minimum atomic E-state index is -0.270. The number of carbonyl (C=O) groups is 1. The molecule has 2 aromatic rings. The largest absolute Gasteiger partial charge is 0.374 e. The monoisotopic (exact) mass is 310 g/mol. The van der Waals surface area contributed by atoms with Gasteiger partial charge in [-0.15, -0.1) is 0 Å². The van der Waals surface area contributed by atoms with Gasteiger partial charge in [-0.3, -0.25) is 4.79 Å². The van der Waals surface area contributed by atoms with Crippen molar-refractivity contribution in [2.24, 2.45) is 0 Å². The summed E-state index contributed by atoms with van der Waals surface area (Å²) in [4.78, 5) is 12.2. The van der Waals surface area contributed by atoms with Crippen LogP contribution in [-0.4, -0.2) is 11.9 Å². The van der Waals surface area contributed by atoms with E-state index >= 15 is 0 Å². The third kappa shape index (κ3) is 5.13. The highest BCUT2D eigenvalue weighted by molar-refractivity contribution is 5.84. The first-order chi connectivity index (χ1) is 11.1. The topological polar surface area (TPSA) is 41.1 Å². The number of rotatable bonds is 7. The van der Waals surface area contributed by atoms with Crippen LogP contribution >= 0.6 is 0 Å². The van der Waals surface area contributed by atoms with E-state index in [1.807, 2.05) is 49.4 Å². The second-order valence-electron chi connectivity index (χ2n) is 6.00. The van der Waals surface area contributed by atoms with Crippen LogP contribution in [0.5, 0.6) is 0 Å². The van der Waals surface area contributed by atoms with Crippen LogP contribution in [0.25, 0.3) is 0 Å². The highest BCUT2D eigenvalue weighted by Gasteiger charge is 2.12. The Kier molecular flexibility index (Phi) is 6.21. The fourth-order valence-corrected chi connectivity index (χ4v) is 2.40. The Morgan fingerprint density at radius 2 is 1.65 bits per heavy atom. The fourth-order valence-electron chi connectivity index (χ4n) is 2.40. The van der Waals surface area contributed by atoms with Crippen LogP contribution in [0.1, 0.15) is 44.2 Å². The van der Waals surface area contributed by atoms with Crippen LogP contribution in [0, 0.1) is 0 Å². The second-order valence-corrected chi connectivity index (χ2v) is 6.00. The van der Waals surface area contributed by atoms with Crippen molar-refractivity contribution in [1.82, 2.24) is 5.32 Å². The molecule has 0 bridgehead atoms. The third-order valence-electron chi connectivity index (χ3n) is 4.18. The van der Waals surface area contributed by atoms with Gasteiger partial charge in [0.1, 0.15) is 6.04 Å². The Bertz CT molecular complexity index is 607. The van der Waals surface area contributed by atoms with E-state index in [0.717, 1.165) is 17.7 Å². The van der Waals surface area contributed by atoms with Crippen molar-refractivity contribution < 1.29 is 4.79 Å². The quantitative estimate of drug-likeness (QED) is 0.800. The van der Waals surface area contributed by atoms with E-state index in [4.69, 9.17) is 0 Å². The molecule has 122 valence electrons. The minimum absolute atomic E-state index is 0.000133. The predicted octanol–water partition coefficient (Wildman–Crippen LogP) is 4.32. The van der Waals surface area contributed by atoms with Crippen molar-refractivity contribution in [2.45, 2.75) is 45.7 Å². The van der Waals surface area contributed by atoms with Crippen molar-refractivity contribution in [1.29, 1.82) is 0 Å². The van der Waals surface area contributed by atoms with Crippen LogP contribution < -0.4 is 10.6 Å². The van der Waals surface area contributed by atoms with Crippen molar-refractivity contribution in [3.63, 3.8) is 0 Å². The van der Waals surface area contributed by atoms with Gasteiger partial charge in [0.2, 0.25) is 5.91 Å². The molecule has 2 atom stereocenters. The first kappa shape index (κ1) is 17.1. The third-order valence-corrected chi connectivity index (χ3v) is 4.18. The van der Waals surface area contributed by atoms with E-state index in [9.17, 15) is 4.79 Å². The number of amides is 1. The van der Waals surface area contributed by atoms with Crippen LogP contribution in [0.3, 0.4) is 0 Å².